The number of rotatable bonds is 5. The van der Waals surface area contributed by atoms with E-state index in [0.29, 0.717) is 12.1 Å². The van der Waals surface area contributed by atoms with E-state index in [1.54, 1.807) is 11.3 Å². The molecule has 0 amide bonds. The van der Waals surface area contributed by atoms with Crippen LogP contribution in [0.2, 0.25) is 0 Å². The summed E-state index contributed by atoms with van der Waals surface area (Å²) in [5, 5.41) is 7.11. The van der Waals surface area contributed by atoms with Crippen LogP contribution in [0.25, 0.3) is 0 Å². The second kappa shape index (κ2) is 6.82. The molecule has 2 rings (SSSR count). The van der Waals surface area contributed by atoms with Crippen LogP contribution in [0, 0.1) is 12.8 Å². The molecular weight excluding hydrogens is 254 g/mol. The highest BCUT2D eigenvalue weighted by molar-refractivity contribution is 7.09. The predicted molar refractivity (Wildman–Crippen MR) is 82.7 cm³/mol. The number of hydrogen-bond donors (Lipinski definition) is 1. The van der Waals surface area contributed by atoms with Crippen LogP contribution < -0.4 is 5.32 Å². The van der Waals surface area contributed by atoms with E-state index in [-0.39, 0.29) is 0 Å². The lowest BCUT2D eigenvalue weighted by molar-refractivity contribution is 0.175. The summed E-state index contributed by atoms with van der Waals surface area (Å²) in [6, 6.07) is 1.04. The minimum atomic E-state index is 0.389. The van der Waals surface area contributed by atoms with Gasteiger partial charge in [0.05, 0.1) is 6.04 Å². The van der Waals surface area contributed by atoms with Crippen molar-refractivity contribution in [3.05, 3.63) is 16.1 Å². The molecule has 1 atom stereocenters. The number of nitrogens with zero attached hydrogens (tertiary/aromatic N) is 2. The Morgan fingerprint density at radius 3 is 2.58 bits per heavy atom. The summed E-state index contributed by atoms with van der Waals surface area (Å²) in [5.41, 5.74) is 1.14. The van der Waals surface area contributed by atoms with Crippen LogP contribution >= 0.6 is 11.3 Å². The highest BCUT2D eigenvalue weighted by Gasteiger charge is 2.21. The molecule has 0 bridgehead atoms. The van der Waals surface area contributed by atoms with Crippen LogP contribution in [0.1, 0.15) is 50.4 Å². The van der Waals surface area contributed by atoms with E-state index in [2.05, 4.69) is 48.3 Å². The van der Waals surface area contributed by atoms with Crippen LogP contribution in [0.5, 0.6) is 0 Å². The van der Waals surface area contributed by atoms with Gasteiger partial charge in [-0.3, -0.25) is 0 Å². The molecule has 2 heterocycles. The summed E-state index contributed by atoms with van der Waals surface area (Å²) in [4.78, 5) is 7.17. The molecule has 1 aromatic heterocycles. The lowest BCUT2D eigenvalue weighted by Crippen LogP contribution is -2.44. The number of aromatic nitrogens is 1. The fourth-order valence-electron chi connectivity index (χ4n) is 2.79. The summed E-state index contributed by atoms with van der Waals surface area (Å²) in [5.74, 6) is 0.779. The molecule has 1 unspecified atom stereocenters. The first-order chi connectivity index (χ1) is 9.04. The number of thiazole rings is 1. The van der Waals surface area contributed by atoms with Crippen molar-refractivity contribution in [2.75, 3.05) is 19.6 Å². The molecule has 1 aliphatic heterocycles. The van der Waals surface area contributed by atoms with Gasteiger partial charge in [0.25, 0.3) is 0 Å². The number of aryl methyl sites for hydroxylation is 1. The Kier molecular flexibility index (Phi) is 5.37. The Morgan fingerprint density at radius 2 is 2.05 bits per heavy atom. The summed E-state index contributed by atoms with van der Waals surface area (Å²) in [6.45, 7) is 12.6. The second-order valence-electron chi connectivity index (χ2n) is 6.18. The maximum atomic E-state index is 4.58. The summed E-state index contributed by atoms with van der Waals surface area (Å²) in [7, 11) is 0. The third-order valence-electron chi connectivity index (χ3n) is 3.70. The Bertz CT molecular complexity index is 380. The van der Waals surface area contributed by atoms with Crippen molar-refractivity contribution in [3.8, 4) is 0 Å². The quantitative estimate of drug-likeness (QED) is 0.898. The molecule has 19 heavy (non-hydrogen) atoms. The molecule has 1 saturated heterocycles. The van der Waals surface area contributed by atoms with Gasteiger partial charge in [-0.25, -0.2) is 4.98 Å². The van der Waals surface area contributed by atoms with Gasteiger partial charge in [-0.2, -0.15) is 0 Å². The standard InChI is InChI=1S/C15H27N3S/c1-11(2)9-18-7-5-14(6-8-18)17-13(4)15-16-12(3)10-19-15/h10-11,13-14,17H,5-9H2,1-4H3. The van der Waals surface area contributed by atoms with E-state index in [1.165, 1.54) is 37.5 Å². The van der Waals surface area contributed by atoms with E-state index < -0.39 is 0 Å². The molecule has 108 valence electrons. The third kappa shape index (κ3) is 4.55. The lowest BCUT2D eigenvalue weighted by atomic mass is 10.0. The fraction of sp³-hybridized carbons (Fsp3) is 0.800. The van der Waals surface area contributed by atoms with Gasteiger partial charge < -0.3 is 10.2 Å². The van der Waals surface area contributed by atoms with Crippen molar-refractivity contribution < 1.29 is 0 Å². The topological polar surface area (TPSA) is 28.2 Å². The normalized spacial score (nSPS) is 20.1. The zero-order valence-corrected chi connectivity index (χ0v) is 13.5. The fourth-order valence-corrected chi connectivity index (χ4v) is 3.61. The molecule has 1 N–H and O–H groups in total. The van der Waals surface area contributed by atoms with Crippen LogP contribution in [0.15, 0.2) is 5.38 Å². The molecule has 1 fully saturated rings. The Hall–Kier alpha value is -0.450. The molecule has 1 aliphatic rings. The van der Waals surface area contributed by atoms with Crippen molar-refractivity contribution in [3.63, 3.8) is 0 Å². The van der Waals surface area contributed by atoms with Crippen LogP contribution in [0.3, 0.4) is 0 Å². The zero-order chi connectivity index (χ0) is 13.8. The maximum absolute atomic E-state index is 4.58. The van der Waals surface area contributed by atoms with Crippen molar-refractivity contribution in [2.24, 2.45) is 5.92 Å². The van der Waals surface area contributed by atoms with Gasteiger partial charge in [0, 0.05) is 23.7 Å². The van der Waals surface area contributed by atoms with Gasteiger partial charge in [-0.05, 0) is 45.7 Å². The van der Waals surface area contributed by atoms with Crippen LogP contribution in [-0.2, 0) is 0 Å². The predicted octanol–water partition coefficient (Wildman–Crippen LogP) is 3.22. The van der Waals surface area contributed by atoms with E-state index in [9.17, 15) is 0 Å². The van der Waals surface area contributed by atoms with Gasteiger partial charge in [0.2, 0.25) is 0 Å². The van der Waals surface area contributed by atoms with Gasteiger partial charge in [0.1, 0.15) is 5.01 Å². The Morgan fingerprint density at radius 1 is 1.37 bits per heavy atom. The summed E-state index contributed by atoms with van der Waals surface area (Å²) >= 11 is 1.77. The minimum absolute atomic E-state index is 0.389. The van der Waals surface area contributed by atoms with Gasteiger partial charge in [-0.15, -0.1) is 11.3 Å². The molecule has 0 aromatic carbocycles. The number of piperidine rings is 1. The first-order valence-electron chi connectivity index (χ1n) is 7.45. The number of likely N-dealkylation sites (tertiary alicyclic amines) is 1. The van der Waals surface area contributed by atoms with E-state index >= 15 is 0 Å². The molecular formula is C15H27N3S. The molecule has 0 radical (unpaired) electrons. The average molecular weight is 281 g/mol. The summed E-state index contributed by atoms with van der Waals surface area (Å²) in [6.07, 6.45) is 2.53. The Balaban J connectivity index is 1.76. The van der Waals surface area contributed by atoms with Crippen molar-refractivity contribution in [2.45, 2.75) is 52.6 Å². The lowest BCUT2D eigenvalue weighted by Gasteiger charge is -2.34. The maximum Gasteiger partial charge on any atom is 0.110 e. The van der Waals surface area contributed by atoms with Crippen molar-refractivity contribution >= 4 is 11.3 Å². The third-order valence-corrected chi connectivity index (χ3v) is 4.85. The molecule has 0 saturated carbocycles. The highest BCUT2D eigenvalue weighted by atomic mass is 32.1. The molecule has 4 heteroatoms. The molecule has 3 nitrogen and oxygen atoms in total. The first-order valence-corrected chi connectivity index (χ1v) is 8.33. The van der Waals surface area contributed by atoms with Crippen molar-refractivity contribution in [1.29, 1.82) is 0 Å². The SMILES string of the molecule is Cc1csc(C(C)NC2CCN(CC(C)C)CC2)n1. The smallest absolute Gasteiger partial charge is 0.110 e. The Labute approximate surface area is 121 Å². The molecule has 1 aromatic rings. The highest BCUT2D eigenvalue weighted by Crippen LogP contribution is 2.20. The monoisotopic (exact) mass is 281 g/mol. The number of nitrogens with one attached hydrogen (secondary N) is 1. The zero-order valence-electron chi connectivity index (χ0n) is 12.6. The first kappa shape index (κ1) is 14.9. The van der Waals surface area contributed by atoms with Gasteiger partial charge in [-0.1, -0.05) is 13.8 Å². The van der Waals surface area contributed by atoms with E-state index in [1.807, 2.05) is 0 Å². The molecule has 0 aliphatic carbocycles. The average Bonchev–Trinajstić information content (AvgIpc) is 2.78. The van der Waals surface area contributed by atoms with Crippen molar-refractivity contribution in [1.82, 2.24) is 15.2 Å². The van der Waals surface area contributed by atoms with E-state index in [0.717, 1.165) is 11.6 Å². The van der Waals surface area contributed by atoms with Gasteiger partial charge >= 0.3 is 0 Å². The van der Waals surface area contributed by atoms with E-state index in [4.69, 9.17) is 0 Å². The summed E-state index contributed by atoms with van der Waals surface area (Å²) < 4.78 is 0. The van der Waals surface area contributed by atoms with Crippen LogP contribution in [-0.4, -0.2) is 35.6 Å². The molecule has 0 spiro atoms. The largest absolute Gasteiger partial charge is 0.305 e. The van der Waals surface area contributed by atoms with Crippen LogP contribution in [0.4, 0.5) is 0 Å². The van der Waals surface area contributed by atoms with Gasteiger partial charge in [0.15, 0.2) is 0 Å². The minimum Gasteiger partial charge on any atom is -0.305 e. The number of hydrogen-bond acceptors (Lipinski definition) is 4. The second-order valence-corrected chi connectivity index (χ2v) is 7.07.